The van der Waals surface area contributed by atoms with Crippen LogP contribution in [0.3, 0.4) is 0 Å². The van der Waals surface area contributed by atoms with E-state index in [1.165, 1.54) is 21.9 Å². The molecule has 0 radical (unpaired) electrons. The third kappa shape index (κ3) is 4.33. The maximum Gasteiger partial charge on any atom is 0.247 e. The van der Waals surface area contributed by atoms with E-state index in [-0.39, 0.29) is 12.0 Å². The second-order valence-electron chi connectivity index (χ2n) is 7.89. The number of nitrogens with zero attached hydrogens (tertiary/aromatic N) is 3. The first-order chi connectivity index (χ1) is 13.8. The first-order valence-electron chi connectivity index (χ1n) is 10.1. The van der Waals surface area contributed by atoms with Crippen LogP contribution in [-0.4, -0.2) is 61.7 Å². The van der Waals surface area contributed by atoms with Crippen LogP contribution in [-0.2, 0) is 19.6 Å². The van der Waals surface area contributed by atoms with Gasteiger partial charge in [-0.15, -0.1) is 0 Å². The first kappa shape index (κ1) is 20.7. The van der Waals surface area contributed by atoms with E-state index >= 15 is 0 Å². The highest BCUT2D eigenvalue weighted by atomic mass is 32.2. The Kier molecular flexibility index (Phi) is 5.92. The van der Waals surface area contributed by atoms with E-state index in [9.17, 15) is 13.2 Å². The van der Waals surface area contributed by atoms with Crippen molar-refractivity contribution in [2.24, 2.45) is 0 Å². The van der Waals surface area contributed by atoms with Gasteiger partial charge in [0.15, 0.2) is 5.13 Å². The van der Waals surface area contributed by atoms with E-state index in [1.807, 2.05) is 25.1 Å². The Morgan fingerprint density at radius 3 is 2.83 bits per heavy atom. The molecule has 0 N–H and O–H groups in total. The number of carbonyl (C=O) groups is 1. The first-order valence-corrected chi connectivity index (χ1v) is 12.8. The van der Waals surface area contributed by atoms with Gasteiger partial charge in [0.05, 0.1) is 29.1 Å². The van der Waals surface area contributed by atoms with Crippen molar-refractivity contribution in [2.75, 3.05) is 30.9 Å². The minimum Gasteiger partial charge on any atom is -0.376 e. The normalized spacial score (nSPS) is 23.5. The van der Waals surface area contributed by atoms with E-state index in [4.69, 9.17) is 9.72 Å². The fourth-order valence-electron chi connectivity index (χ4n) is 4.17. The van der Waals surface area contributed by atoms with Crippen molar-refractivity contribution in [1.82, 2.24) is 9.29 Å². The maximum atomic E-state index is 13.6. The van der Waals surface area contributed by atoms with Crippen LogP contribution >= 0.6 is 11.3 Å². The van der Waals surface area contributed by atoms with Gasteiger partial charge in [-0.3, -0.25) is 9.69 Å². The number of aryl methyl sites for hydroxylation is 1. The zero-order valence-electron chi connectivity index (χ0n) is 16.8. The summed E-state index contributed by atoms with van der Waals surface area (Å²) in [5.41, 5.74) is 1.95. The van der Waals surface area contributed by atoms with Crippen molar-refractivity contribution in [1.29, 1.82) is 0 Å². The summed E-state index contributed by atoms with van der Waals surface area (Å²) in [6.07, 6.45) is 5.18. The predicted octanol–water partition coefficient (Wildman–Crippen LogP) is 2.93. The number of rotatable bonds is 5. The molecule has 2 aromatic rings. The van der Waals surface area contributed by atoms with Crippen molar-refractivity contribution < 1.29 is 17.9 Å². The van der Waals surface area contributed by atoms with E-state index in [1.54, 1.807) is 4.90 Å². The fourth-order valence-corrected chi connectivity index (χ4v) is 6.35. The van der Waals surface area contributed by atoms with Crippen LogP contribution in [0.1, 0.15) is 37.7 Å². The summed E-state index contributed by atoms with van der Waals surface area (Å²) in [5.74, 6) is -0.192. The van der Waals surface area contributed by atoms with Crippen LogP contribution in [0.15, 0.2) is 18.2 Å². The average Bonchev–Trinajstić information content (AvgIpc) is 3.35. The van der Waals surface area contributed by atoms with Gasteiger partial charge in [-0.2, -0.15) is 4.31 Å². The molecule has 4 rings (SSSR count). The number of amides is 1. The Labute approximate surface area is 175 Å². The van der Waals surface area contributed by atoms with Gasteiger partial charge in [-0.25, -0.2) is 13.4 Å². The second kappa shape index (κ2) is 8.29. The molecule has 2 atom stereocenters. The molecule has 2 aliphatic heterocycles. The number of anilines is 1. The van der Waals surface area contributed by atoms with Crippen LogP contribution < -0.4 is 4.90 Å². The number of hydrogen-bond donors (Lipinski definition) is 0. The Balaban J connectivity index is 1.70. The van der Waals surface area contributed by atoms with Gasteiger partial charge in [0.25, 0.3) is 0 Å². The number of ether oxygens (including phenoxy) is 1. The zero-order chi connectivity index (χ0) is 20.6. The SMILES string of the molecule is Cc1cccc2sc(N(C[C@@H]3CCCO3)C(=O)[C@@H]3CCCCN3S(C)(=O)=O)nc12. The molecule has 0 unspecified atom stereocenters. The lowest BCUT2D eigenvalue weighted by molar-refractivity contribution is -0.123. The van der Waals surface area contributed by atoms with Gasteiger partial charge in [0.2, 0.25) is 15.9 Å². The molecule has 0 spiro atoms. The van der Waals surface area contributed by atoms with Gasteiger partial charge in [0, 0.05) is 13.2 Å². The van der Waals surface area contributed by atoms with Crippen LogP contribution in [0.5, 0.6) is 0 Å². The van der Waals surface area contributed by atoms with Gasteiger partial charge in [0.1, 0.15) is 6.04 Å². The van der Waals surface area contributed by atoms with E-state index in [0.29, 0.717) is 31.2 Å². The minimum absolute atomic E-state index is 0.0395. The molecule has 158 valence electrons. The van der Waals surface area contributed by atoms with Crippen molar-refractivity contribution in [2.45, 2.75) is 51.2 Å². The van der Waals surface area contributed by atoms with Crippen molar-refractivity contribution in [3.8, 4) is 0 Å². The highest BCUT2D eigenvalue weighted by molar-refractivity contribution is 7.88. The summed E-state index contributed by atoms with van der Waals surface area (Å²) in [4.78, 5) is 20.1. The summed E-state index contributed by atoms with van der Waals surface area (Å²) in [6, 6.07) is 5.32. The van der Waals surface area contributed by atoms with Crippen LogP contribution in [0.2, 0.25) is 0 Å². The Hall–Kier alpha value is -1.55. The standard InChI is InChI=1S/C20H27N3O4S2/c1-14-7-5-10-17-18(14)21-20(28-17)22(13-15-8-6-12-27-15)19(24)16-9-3-4-11-23(16)29(2,25)26/h5,7,10,15-16H,3-4,6,8-9,11-13H2,1-2H3/t15-,16-/m0/s1. The molecule has 0 bridgehead atoms. The molecule has 1 aromatic carbocycles. The number of carbonyl (C=O) groups excluding carboxylic acids is 1. The van der Waals surface area contributed by atoms with Crippen LogP contribution in [0, 0.1) is 6.92 Å². The number of aromatic nitrogens is 1. The molecule has 1 aromatic heterocycles. The molecule has 7 nitrogen and oxygen atoms in total. The number of sulfonamides is 1. The maximum absolute atomic E-state index is 13.6. The quantitative estimate of drug-likeness (QED) is 0.719. The van der Waals surface area contributed by atoms with E-state index in [0.717, 1.165) is 41.5 Å². The van der Waals surface area contributed by atoms with Crippen molar-refractivity contribution in [3.63, 3.8) is 0 Å². The lowest BCUT2D eigenvalue weighted by atomic mass is 10.0. The van der Waals surface area contributed by atoms with Gasteiger partial charge in [-0.1, -0.05) is 29.9 Å². The van der Waals surface area contributed by atoms with Crippen LogP contribution in [0.25, 0.3) is 10.2 Å². The summed E-state index contributed by atoms with van der Waals surface area (Å²) >= 11 is 1.47. The zero-order valence-corrected chi connectivity index (χ0v) is 18.5. The molecule has 2 saturated heterocycles. The molecule has 2 aliphatic rings. The molecule has 1 amide bonds. The Morgan fingerprint density at radius 2 is 2.14 bits per heavy atom. The lowest BCUT2D eigenvalue weighted by Gasteiger charge is -2.35. The molecular formula is C20H27N3O4S2. The monoisotopic (exact) mass is 437 g/mol. The van der Waals surface area contributed by atoms with E-state index < -0.39 is 16.1 Å². The topological polar surface area (TPSA) is 79.8 Å². The number of para-hydroxylation sites is 1. The summed E-state index contributed by atoms with van der Waals surface area (Å²) in [5, 5.41) is 0.619. The minimum atomic E-state index is -3.46. The second-order valence-corrected chi connectivity index (χ2v) is 10.8. The van der Waals surface area contributed by atoms with Crippen molar-refractivity contribution >= 4 is 42.6 Å². The van der Waals surface area contributed by atoms with Gasteiger partial charge >= 0.3 is 0 Å². The highest BCUT2D eigenvalue weighted by Gasteiger charge is 2.39. The number of piperidine rings is 1. The van der Waals surface area contributed by atoms with Crippen molar-refractivity contribution in [3.05, 3.63) is 23.8 Å². The van der Waals surface area contributed by atoms with Gasteiger partial charge < -0.3 is 4.74 Å². The smallest absolute Gasteiger partial charge is 0.247 e. The molecular weight excluding hydrogens is 410 g/mol. The number of fused-ring (bicyclic) bond motifs is 1. The molecule has 0 aliphatic carbocycles. The molecule has 2 fully saturated rings. The van der Waals surface area contributed by atoms with Gasteiger partial charge in [-0.05, 0) is 44.2 Å². The molecule has 29 heavy (non-hydrogen) atoms. The molecule has 3 heterocycles. The number of hydrogen-bond acceptors (Lipinski definition) is 6. The fraction of sp³-hybridized carbons (Fsp3) is 0.600. The summed E-state index contributed by atoms with van der Waals surface area (Å²) < 4.78 is 32.8. The third-order valence-electron chi connectivity index (χ3n) is 5.68. The third-order valence-corrected chi connectivity index (χ3v) is 8.01. The highest BCUT2D eigenvalue weighted by Crippen LogP contribution is 2.33. The Bertz CT molecular complexity index is 998. The molecule has 9 heteroatoms. The average molecular weight is 438 g/mol. The van der Waals surface area contributed by atoms with E-state index in [2.05, 4.69) is 0 Å². The Morgan fingerprint density at radius 1 is 1.31 bits per heavy atom. The summed E-state index contributed by atoms with van der Waals surface area (Å²) in [6.45, 7) is 3.50. The number of benzene rings is 1. The van der Waals surface area contributed by atoms with Crippen LogP contribution in [0.4, 0.5) is 5.13 Å². The largest absolute Gasteiger partial charge is 0.376 e. The lowest BCUT2D eigenvalue weighted by Crippen LogP contribution is -2.54. The number of thiazole rings is 1. The summed E-state index contributed by atoms with van der Waals surface area (Å²) in [7, 11) is -3.46. The predicted molar refractivity (Wildman–Crippen MR) is 115 cm³/mol. The molecule has 0 saturated carbocycles.